The molecule has 2 amide bonds. The quantitative estimate of drug-likeness (QED) is 0.312. The molecule has 2 aromatic rings. The first-order valence-electron chi connectivity index (χ1n) is 15.6. The van der Waals surface area contributed by atoms with Crippen LogP contribution in [0.3, 0.4) is 0 Å². The third kappa shape index (κ3) is 6.99. The number of carbonyl (C=O) groups excluding carboxylic acids is 2. The van der Waals surface area contributed by atoms with Crippen LogP contribution in [-0.4, -0.2) is 83.0 Å². The lowest BCUT2D eigenvalue weighted by Crippen LogP contribution is -2.58. The number of amides is 2. The Hall–Kier alpha value is -3.17. The van der Waals surface area contributed by atoms with Crippen molar-refractivity contribution < 1.29 is 28.2 Å². The molecule has 0 spiro atoms. The van der Waals surface area contributed by atoms with E-state index in [9.17, 15) is 14.9 Å². The van der Waals surface area contributed by atoms with Crippen molar-refractivity contribution in [2.75, 3.05) is 31.6 Å². The van der Waals surface area contributed by atoms with Crippen molar-refractivity contribution in [1.82, 2.24) is 14.8 Å². The molecule has 2 bridgehead atoms. The topological polar surface area (TPSA) is 108 Å². The van der Waals surface area contributed by atoms with E-state index in [1.54, 1.807) is 42.7 Å². The zero-order valence-electron chi connectivity index (χ0n) is 27.2. The van der Waals surface area contributed by atoms with Crippen molar-refractivity contribution >= 4 is 44.7 Å². The summed E-state index contributed by atoms with van der Waals surface area (Å²) >= 11 is 3.38. The molecule has 244 valence electrons. The Morgan fingerprint density at radius 1 is 1.18 bits per heavy atom. The number of nitriles is 1. The first kappa shape index (κ1) is 33.2. The molecule has 1 saturated carbocycles. The van der Waals surface area contributed by atoms with Gasteiger partial charge in [0.15, 0.2) is 5.82 Å². The van der Waals surface area contributed by atoms with Crippen LogP contribution in [0, 0.1) is 23.1 Å². The van der Waals surface area contributed by atoms with E-state index >= 15 is 4.39 Å². The lowest BCUT2D eigenvalue weighted by atomic mass is 9.78. The Kier molecular flexibility index (Phi) is 9.26. The smallest absolute Gasteiger partial charge is 0.415 e. The lowest BCUT2D eigenvalue weighted by molar-refractivity contribution is 0.0216. The number of ether oxygens (including phenoxy) is 3. The average Bonchev–Trinajstić information content (AvgIpc) is 3.65. The molecule has 4 atom stereocenters. The number of nitrogens with zero attached hydrogens (tertiary/aromatic N) is 5. The van der Waals surface area contributed by atoms with Crippen LogP contribution >= 0.6 is 15.9 Å². The zero-order valence-corrected chi connectivity index (χ0v) is 28.7. The standard InChI is InChI=1S/C33H43BrFN5O5/c1-32(2,3)44-30(41)39-17-20-15-24(39)29(20)40(31(42)45-33(4,5)6)23-16-25(43-18-21-11-9-13-38(21)7)37-28-22(23)14-19(10-8-12-36)26(34)27(28)35/h14,16,20-21,24,29H,8-11,13,15,17-18H2,1-7H3/t20?,21-,24?,29?/m0/s1. The highest BCUT2D eigenvalue weighted by molar-refractivity contribution is 9.10. The highest BCUT2D eigenvalue weighted by Crippen LogP contribution is 2.48. The van der Waals surface area contributed by atoms with Crippen LogP contribution in [0.5, 0.6) is 5.88 Å². The maximum absolute atomic E-state index is 16.1. The van der Waals surface area contributed by atoms with Gasteiger partial charge in [0, 0.05) is 36.4 Å². The number of aromatic nitrogens is 1. The number of benzene rings is 1. The summed E-state index contributed by atoms with van der Waals surface area (Å²) < 4.78 is 34.2. The largest absolute Gasteiger partial charge is 0.476 e. The first-order chi connectivity index (χ1) is 21.1. The molecule has 4 aliphatic rings. The monoisotopic (exact) mass is 687 g/mol. The molecule has 3 unspecified atom stereocenters. The average molecular weight is 689 g/mol. The number of aryl methyl sites for hydroxylation is 1. The van der Waals surface area contributed by atoms with Crippen molar-refractivity contribution in [3.8, 4) is 11.9 Å². The maximum atomic E-state index is 16.1. The van der Waals surface area contributed by atoms with Gasteiger partial charge in [-0.25, -0.2) is 19.0 Å². The van der Waals surface area contributed by atoms with Crippen molar-refractivity contribution in [1.29, 1.82) is 5.26 Å². The van der Waals surface area contributed by atoms with Crippen LogP contribution in [0.25, 0.3) is 10.9 Å². The molecule has 3 aliphatic heterocycles. The van der Waals surface area contributed by atoms with Gasteiger partial charge in [0.2, 0.25) is 5.88 Å². The molecule has 12 heteroatoms. The van der Waals surface area contributed by atoms with Gasteiger partial charge in [0.25, 0.3) is 0 Å². The van der Waals surface area contributed by atoms with Crippen molar-refractivity contribution in [3.05, 3.63) is 28.0 Å². The van der Waals surface area contributed by atoms with Gasteiger partial charge >= 0.3 is 12.2 Å². The maximum Gasteiger partial charge on any atom is 0.415 e. The Bertz CT molecular complexity index is 1520. The summed E-state index contributed by atoms with van der Waals surface area (Å²) in [4.78, 5) is 37.4. The van der Waals surface area contributed by atoms with Gasteiger partial charge in [-0.15, -0.1) is 0 Å². The summed E-state index contributed by atoms with van der Waals surface area (Å²) in [6.07, 6.45) is 2.22. The molecule has 45 heavy (non-hydrogen) atoms. The molecular weight excluding hydrogens is 645 g/mol. The molecule has 4 fully saturated rings. The minimum Gasteiger partial charge on any atom is -0.476 e. The Balaban J connectivity index is 1.63. The summed E-state index contributed by atoms with van der Waals surface area (Å²) in [5, 5.41) is 9.64. The summed E-state index contributed by atoms with van der Waals surface area (Å²) in [5.74, 6) is -0.438. The van der Waals surface area contributed by atoms with Crippen LogP contribution in [-0.2, 0) is 15.9 Å². The summed E-state index contributed by atoms with van der Waals surface area (Å²) in [6, 6.07) is 5.03. The summed E-state index contributed by atoms with van der Waals surface area (Å²) in [5.41, 5.74) is -0.471. The summed E-state index contributed by atoms with van der Waals surface area (Å²) in [6.45, 7) is 12.6. The van der Waals surface area contributed by atoms with Gasteiger partial charge in [-0.3, -0.25) is 4.90 Å². The third-order valence-corrected chi connectivity index (χ3v) is 9.50. The number of carbonyl (C=O) groups is 2. The number of hydrogen-bond acceptors (Lipinski definition) is 8. The Morgan fingerprint density at radius 3 is 2.51 bits per heavy atom. The number of halogens is 2. The number of hydrogen-bond donors (Lipinski definition) is 0. The van der Waals surface area contributed by atoms with E-state index in [2.05, 4.69) is 31.9 Å². The SMILES string of the molecule is CN1CCC[C@H]1COc1cc(N(C(=O)OC(C)(C)C)C2C3CC2N(C(=O)OC(C)(C)C)C3)c2cc(CCC#N)c(Br)c(F)c2n1. The number of likely N-dealkylation sites (tertiary alicyclic amines) is 1. The second-order valence-electron chi connectivity index (χ2n) is 14.3. The van der Waals surface area contributed by atoms with E-state index < -0.39 is 35.2 Å². The fourth-order valence-corrected chi connectivity index (χ4v) is 7.02. The molecule has 0 N–H and O–H groups in total. The van der Waals surface area contributed by atoms with E-state index in [0.29, 0.717) is 42.6 Å². The Morgan fingerprint density at radius 2 is 1.89 bits per heavy atom. The number of likely N-dealkylation sites (N-methyl/N-ethyl adjacent to an activating group) is 1. The fourth-order valence-electron chi connectivity index (χ4n) is 6.52. The number of fused-ring (bicyclic) bond motifs is 2. The normalized spacial score (nSPS) is 23.1. The van der Waals surface area contributed by atoms with Gasteiger partial charge in [0.1, 0.15) is 23.3 Å². The molecule has 3 saturated heterocycles. The van der Waals surface area contributed by atoms with Gasteiger partial charge < -0.3 is 24.0 Å². The number of pyridine rings is 1. The molecule has 0 radical (unpaired) electrons. The zero-order chi connectivity index (χ0) is 32.8. The minimum absolute atomic E-state index is 0.0342. The van der Waals surface area contributed by atoms with E-state index in [-0.39, 0.29) is 40.3 Å². The molecule has 10 nitrogen and oxygen atoms in total. The predicted octanol–water partition coefficient (Wildman–Crippen LogP) is 6.81. The van der Waals surface area contributed by atoms with Crippen molar-refractivity contribution in [2.45, 2.75) is 103 Å². The Labute approximate surface area is 272 Å². The lowest BCUT2D eigenvalue weighted by Gasteiger charge is -2.44. The predicted molar refractivity (Wildman–Crippen MR) is 172 cm³/mol. The van der Waals surface area contributed by atoms with Crippen LogP contribution in [0.4, 0.5) is 19.7 Å². The van der Waals surface area contributed by atoms with Gasteiger partial charge in [-0.1, -0.05) is 0 Å². The molecule has 6 rings (SSSR count). The van der Waals surface area contributed by atoms with E-state index in [1.165, 1.54) is 0 Å². The fraction of sp³-hybridized carbons (Fsp3) is 0.636. The van der Waals surface area contributed by atoms with Gasteiger partial charge in [-0.2, -0.15) is 5.26 Å². The molecule has 1 aliphatic carbocycles. The summed E-state index contributed by atoms with van der Waals surface area (Å²) in [7, 11) is 2.05. The number of rotatable bonds is 7. The van der Waals surface area contributed by atoms with Crippen molar-refractivity contribution in [2.24, 2.45) is 5.92 Å². The minimum atomic E-state index is -0.815. The van der Waals surface area contributed by atoms with E-state index in [4.69, 9.17) is 14.2 Å². The third-order valence-electron chi connectivity index (χ3n) is 8.64. The van der Waals surface area contributed by atoms with Crippen LogP contribution in [0.15, 0.2) is 16.6 Å². The highest BCUT2D eigenvalue weighted by Gasteiger charge is 2.59. The van der Waals surface area contributed by atoms with Gasteiger partial charge in [-0.05, 0) is 108 Å². The second kappa shape index (κ2) is 12.6. The van der Waals surface area contributed by atoms with Crippen molar-refractivity contribution in [3.63, 3.8) is 0 Å². The molecular formula is C33H43BrFN5O5. The van der Waals surface area contributed by atoms with E-state index in [0.717, 1.165) is 19.4 Å². The van der Waals surface area contributed by atoms with Crippen LogP contribution in [0.2, 0.25) is 0 Å². The van der Waals surface area contributed by atoms with Gasteiger partial charge in [0.05, 0.1) is 28.3 Å². The van der Waals surface area contributed by atoms with Crippen LogP contribution < -0.4 is 9.64 Å². The molecule has 1 aromatic carbocycles. The molecule has 4 heterocycles. The molecule has 1 aromatic heterocycles. The van der Waals surface area contributed by atoms with E-state index in [1.807, 2.05) is 27.8 Å². The van der Waals surface area contributed by atoms with Crippen LogP contribution in [0.1, 0.15) is 72.8 Å². The number of anilines is 1. The highest BCUT2D eigenvalue weighted by atomic mass is 79.9. The first-order valence-corrected chi connectivity index (χ1v) is 16.4. The second-order valence-corrected chi connectivity index (χ2v) is 15.1.